The fourth-order valence-corrected chi connectivity index (χ4v) is 2.91. The molecule has 0 radical (unpaired) electrons. The number of nitrogens with two attached hydrogens (primary N) is 1. The lowest BCUT2D eigenvalue weighted by molar-refractivity contribution is 0.0349. The first-order valence-corrected chi connectivity index (χ1v) is 5.79. The molecule has 1 aliphatic carbocycles. The summed E-state index contributed by atoms with van der Waals surface area (Å²) in [6, 6.07) is 0.841. The third-order valence-electron chi connectivity index (χ3n) is 3.95. The van der Waals surface area contributed by atoms with Crippen LogP contribution < -0.4 is 5.73 Å². The Labute approximate surface area is 81.5 Å². The Morgan fingerprint density at radius 3 is 2.69 bits per heavy atom. The second-order valence-corrected chi connectivity index (χ2v) is 4.72. The van der Waals surface area contributed by atoms with Gasteiger partial charge in [-0.25, -0.2) is 0 Å². The predicted molar refractivity (Wildman–Crippen MR) is 55.5 cm³/mol. The maximum atomic E-state index is 5.78. The van der Waals surface area contributed by atoms with Gasteiger partial charge in [-0.05, 0) is 31.2 Å². The number of nitrogens with zero attached hydrogens (tertiary/aromatic N) is 1. The van der Waals surface area contributed by atoms with E-state index in [9.17, 15) is 0 Å². The zero-order chi connectivity index (χ0) is 9.26. The van der Waals surface area contributed by atoms with Crippen molar-refractivity contribution in [1.29, 1.82) is 0 Å². The maximum absolute atomic E-state index is 5.78. The Hall–Kier alpha value is -0.0800. The summed E-state index contributed by atoms with van der Waals surface area (Å²) >= 11 is 0. The average Bonchev–Trinajstić information content (AvgIpc) is 2.50. The van der Waals surface area contributed by atoms with Crippen molar-refractivity contribution in [2.75, 3.05) is 19.6 Å². The molecule has 2 aliphatic rings. The first kappa shape index (κ1) is 9.47. The van der Waals surface area contributed by atoms with Crippen molar-refractivity contribution in [2.24, 2.45) is 17.6 Å². The van der Waals surface area contributed by atoms with Gasteiger partial charge in [0.2, 0.25) is 0 Å². The molecule has 0 aromatic heterocycles. The molecule has 1 saturated heterocycles. The van der Waals surface area contributed by atoms with Gasteiger partial charge >= 0.3 is 0 Å². The summed E-state index contributed by atoms with van der Waals surface area (Å²) < 4.78 is 0. The Morgan fingerprint density at radius 1 is 1.31 bits per heavy atom. The predicted octanol–water partition coefficient (Wildman–Crippen LogP) is 1.46. The third kappa shape index (κ3) is 1.75. The van der Waals surface area contributed by atoms with E-state index in [1.54, 1.807) is 0 Å². The van der Waals surface area contributed by atoms with Gasteiger partial charge in [0.1, 0.15) is 0 Å². The van der Waals surface area contributed by atoms with Gasteiger partial charge in [-0.1, -0.05) is 19.8 Å². The van der Waals surface area contributed by atoms with Crippen molar-refractivity contribution < 1.29 is 0 Å². The van der Waals surface area contributed by atoms with E-state index in [4.69, 9.17) is 5.73 Å². The molecule has 0 spiro atoms. The molecule has 2 N–H and O–H groups in total. The molecule has 1 heterocycles. The second kappa shape index (κ2) is 3.97. The lowest BCUT2D eigenvalue weighted by Crippen LogP contribution is -2.53. The molecule has 2 heteroatoms. The summed E-state index contributed by atoms with van der Waals surface area (Å²) in [6.45, 7) is 5.89. The minimum absolute atomic E-state index is 0.804. The molecule has 0 bridgehead atoms. The highest BCUT2D eigenvalue weighted by molar-refractivity contribution is 4.92. The second-order valence-electron chi connectivity index (χ2n) is 4.72. The van der Waals surface area contributed by atoms with Gasteiger partial charge in [-0.2, -0.15) is 0 Å². The van der Waals surface area contributed by atoms with E-state index in [1.807, 2.05) is 0 Å². The normalized spacial score (nSPS) is 36.5. The summed E-state index contributed by atoms with van der Waals surface area (Å²) in [6.07, 6.45) is 5.53. The number of likely N-dealkylation sites (tertiary alicyclic amines) is 1. The Balaban J connectivity index is 1.81. The molecule has 0 amide bonds. The molecule has 1 aliphatic heterocycles. The molecule has 2 atom stereocenters. The molecular weight excluding hydrogens is 160 g/mol. The highest BCUT2D eigenvalue weighted by atomic mass is 15.2. The number of rotatable bonds is 3. The van der Waals surface area contributed by atoms with Crippen LogP contribution in [-0.4, -0.2) is 30.6 Å². The van der Waals surface area contributed by atoms with Gasteiger partial charge < -0.3 is 5.73 Å². The van der Waals surface area contributed by atoms with Crippen molar-refractivity contribution in [1.82, 2.24) is 4.90 Å². The van der Waals surface area contributed by atoms with Crippen LogP contribution in [0.1, 0.15) is 32.6 Å². The largest absolute Gasteiger partial charge is 0.330 e. The lowest BCUT2D eigenvalue weighted by Gasteiger charge is -2.45. The summed E-state index contributed by atoms with van der Waals surface area (Å²) in [7, 11) is 0. The molecule has 0 aromatic carbocycles. The minimum Gasteiger partial charge on any atom is -0.330 e. The van der Waals surface area contributed by atoms with Crippen LogP contribution in [0, 0.1) is 11.8 Å². The molecule has 2 fully saturated rings. The van der Waals surface area contributed by atoms with E-state index in [1.165, 1.54) is 38.8 Å². The Bertz CT molecular complexity index is 163. The summed E-state index contributed by atoms with van der Waals surface area (Å²) in [5.74, 6) is 1.79. The summed E-state index contributed by atoms with van der Waals surface area (Å²) in [5, 5.41) is 0. The van der Waals surface area contributed by atoms with Crippen molar-refractivity contribution in [3.05, 3.63) is 0 Å². The van der Waals surface area contributed by atoms with Crippen LogP contribution in [0.4, 0.5) is 0 Å². The number of hydrogen-bond acceptors (Lipinski definition) is 2. The standard InChI is InChI=1S/C11H22N2/c1-2-9-7-13(8-9)11-5-3-4-10(11)6-12/h9-11H,2-8,12H2,1H3. The monoisotopic (exact) mass is 182 g/mol. The van der Waals surface area contributed by atoms with Crippen LogP contribution in [0.25, 0.3) is 0 Å². The highest BCUT2D eigenvalue weighted by Crippen LogP contribution is 2.34. The smallest absolute Gasteiger partial charge is 0.0136 e. The fraction of sp³-hybridized carbons (Fsp3) is 1.00. The molecule has 2 nitrogen and oxygen atoms in total. The van der Waals surface area contributed by atoms with Crippen molar-refractivity contribution in [3.8, 4) is 0 Å². The van der Waals surface area contributed by atoms with Gasteiger partial charge in [0.15, 0.2) is 0 Å². The third-order valence-corrected chi connectivity index (χ3v) is 3.95. The molecule has 2 rings (SSSR count). The first-order valence-electron chi connectivity index (χ1n) is 5.79. The van der Waals surface area contributed by atoms with E-state index in [0.29, 0.717) is 0 Å². The fourth-order valence-electron chi connectivity index (χ4n) is 2.91. The van der Waals surface area contributed by atoms with Crippen LogP contribution in [0.3, 0.4) is 0 Å². The molecule has 1 saturated carbocycles. The molecular formula is C11H22N2. The topological polar surface area (TPSA) is 29.3 Å². The number of hydrogen-bond donors (Lipinski definition) is 1. The van der Waals surface area contributed by atoms with Gasteiger partial charge in [0.25, 0.3) is 0 Å². The van der Waals surface area contributed by atoms with Crippen molar-refractivity contribution >= 4 is 0 Å². The van der Waals surface area contributed by atoms with Crippen LogP contribution in [0.2, 0.25) is 0 Å². The van der Waals surface area contributed by atoms with E-state index >= 15 is 0 Å². The lowest BCUT2D eigenvalue weighted by atomic mass is 9.91. The quantitative estimate of drug-likeness (QED) is 0.716. The van der Waals surface area contributed by atoms with Crippen molar-refractivity contribution in [3.63, 3.8) is 0 Å². The van der Waals surface area contributed by atoms with Crippen LogP contribution in [0.5, 0.6) is 0 Å². The van der Waals surface area contributed by atoms with Gasteiger partial charge in [-0.15, -0.1) is 0 Å². The van der Waals surface area contributed by atoms with E-state index in [0.717, 1.165) is 24.4 Å². The Morgan fingerprint density at radius 2 is 2.08 bits per heavy atom. The van der Waals surface area contributed by atoms with Crippen LogP contribution in [0.15, 0.2) is 0 Å². The van der Waals surface area contributed by atoms with E-state index < -0.39 is 0 Å². The van der Waals surface area contributed by atoms with Crippen LogP contribution in [-0.2, 0) is 0 Å². The van der Waals surface area contributed by atoms with Crippen LogP contribution >= 0.6 is 0 Å². The SMILES string of the molecule is CCC1CN(C2CCCC2CN)C1. The van der Waals surface area contributed by atoms with Crippen molar-refractivity contribution in [2.45, 2.75) is 38.6 Å². The molecule has 13 heavy (non-hydrogen) atoms. The average molecular weight is 182 g/mol. The van der Waals surface area contributed by atoms with Gasteiger partial charge in [0.05, 0.1) is 0 Å². The zero-order valence-electron chi connectivity index (χ0n) is 8.71. The summed E-state index contributed by atoms with van der Waals surface area (Å²) in [4.78, 5) is 2.67. The first-order chi connectivity index (χ1) is 6.35. The Kier molecular flexibility index (Phi) is 2.89. The maximum Gasteiger partial charge on any atom is 0.0136 e. The molecule has 2 unspecified atom stereocenters. The van der Waals surface area contributed by atoms with E-state index in [-0.39, 0.29) is 0 Å². The summed E-state index contributed by atoms with van der Waals surface area (Å²) in [5.41, 5.74) is 5.78. The van der Waals surface area contributed by atoms with Gasteiger partial charge in [-0.3, -0.25) is 4.90 Å². The highest BCUT2D eigenvalue weighted by Gasteiger charge is 2.37. The van der Waals surface area contributed by atoms with E-state index in [2.05, 4.69) is 11.8 Å². The minimum atomic E-state index is 0.804. The zero-order valence-corrected chi connectivity index (χ0v) is 8.71. The molecule has 76 valence electrons. The molecule has 0 aromatic rings. The van der Waals surface area contributed by atoms with Gasteiger partial charge in [0, 0.05) is 19.1 Å².